The van der Waals surface area contributed by atoms with Gasteiger partial charge < -0.3 is 10.5 Å². The van der Waals surface area contributed by atoms with Crippen molar-refractivity contribution in [3.8, 4) is 0 Å². The summed E-state index contributed by atoms with van der Waals surface area (Å²) in [6.45, 7) is 1.88. The van der Waals surface area contributed by atoms with Crippen LogP contribution in [-0.4, -0.2) is 12.1 Å². The number of rotatable bonds is 2. The van der Waals surface area contributed by atoms with E-state index in [0.717, 1.165) is 18.4 Å². The molecule has 1 saturated carbocycles. The highest BCUT2D eigenvalue weighted by Gasteiger charge is 2.22. The SMILES string of the molecule is Cc1cc(C(=O)OC2CCC2)ccc1N. The van der Waals surface area contributed by atoms with E-state index in [9.17, 15) is 4.79 Å². The molecule has 1 aliphatic rings. The van der Waals surface area contributed by atoms with Gasteiger partial charge in [0.2, 0.25) is 0 Å². The second kappa shape index (κ2) is 3.93. The van der Waals surface area contributed by atoms with E-state index in [1.807, 2.05) is 6.92 Å². The van der Waals surface area contributed by atoms with Crippen LogP contribution in [0.4, 0.5) is 5.69 Å². The minimum Gasteiger partial charge on any atom is -0.459 e. The number of benzene rings is 1. The molecule has 0 spiro atoms. The van der Waals surface area contributed by atoms with Gasteiger partial charge in [-0.05, 0) is 49.9 Å². The fourth-order valence-corrected chi connectivity index (χ4v) is 1.51. The summed E-state index contributed by atoms with van der Waals surface area (Å²) < 4.78 is 5.29. The molecule has 15 heavy (non-hydrogen) atoms. The Kier molecular flexibility index (Phi) is 2.62. The molecule has 2 N–H and O–H groups in total. The zero-order chi connectivity index (χ0) is 10.8. The number of carbonyl (C=O) groups excluding carboxylic acids is 1. The summed E-state index contributed by atoms with van der Waals surface area (Å²) >= 11 is 0. The average Bonchev–Trinajstić information content (AvgIpc) is 2.15. The predicted octanol–water partition coefficient (Wildman–Crippen LogP) is 2.29. The first-order valence-electron chi connectivity index (χ1n) is 5.24. The molecule has 0 atom stereocenters. The lowest BCUT2D eigenvalue weighted by Crippen LogP contribution is -2.25. The number of nitrogen functional groups attached to an aromatic ring is 1. The first-order valence-corrected chi connectivity index (χ1v) is 5.24. The lowest BCUT2D eigenvalue weighted by atomic mass is 9.96. The Hall–Kier alpha value is -1.51. The number of esters is 1. The van der Waals surface area contributed by atoms with Crippen LogP contribution in [0.15, 0.2) is 18.2 Å². The maximum absolute atomic E-state index is 11.6. The number of aryl methyl sites for hydroxylation is 1. The zero-order valence-corrected chi connectivity index (χ0v) is 8.82. The van der Waals surface area contributed by atoms with Crippen LogP contribution in [0, 0.1) is 6.92 Å². The molecule has 0 unspecified atom stereocenters. The van der Waals surface area contributed by atoms with E-state index < -0.39 is 0 Å². The minimum atomic E-state index is -0.234. The number of anilines is 1. The Morgan fingerprint density at radius 2 is 2.20 bits per heavy atom. The number of ether oxygens (including phenoxy) is 1. The molecule has 0 bridgehead atoms. The van der Waals surface area contributed by atoms with E-state index in [2.05, 4.69) is 0 Å². The van der Waals surface area contributed by atoms with Crippen molar-refractivity contribution in [2.75, 3.05) is 5.73 Å². The lowest BCUT2D eigenvalue weighted by molar-refractivity contribution is 0.00900. The molecule has 80 valence electrons. The van der Waals surface area contributed by atoms with E-state index in [1.54, 1.807) is 18.2 Å². The van der Waals surface area contributed by atoms with Crippen molar-refractivity contribution in [1.82, 2.24) is 0 Å². The number of nitrogens with two attached hydrogens (primary N) is 1. The van der Waals surface area contributed by atoms with Gasteiger partial charge in [0, 0.05) is 5.69 Å². The molecule has 1 aromatic carbocycles. The minimum absolute atomic E-state index is 0.135. The van der Waals surface area contributed by atoms with Gasteiger partial charge in [-0.15, -0.1) is 0 Å². The fourth-order valence-electron chi connectivity index (χ4n) is 1.51. The molecule has 0 radical (unpaired) electrons. The Balaban J connectivity index is 2.07. The Morgan fingerprint density at radius 1 is 1.47 bits per heavy atom. The molecule has 1 aromatic rings. The molecule has 2 rings (SSSR count). The van der Waals surface area contributed by atoms with Crippen LogP contribution in [0.5, 0.6) is 0 Å². The molecule has 0 aliphatic heterocycles. The first-order chi connectivity index (χ1) is 7.16. The zero-order valence-electron chi connectivity index (χ0n) is 8.82. The van der Waals surface area contributed by atoms with Gasteiger partial charge in [0.05, 0.1) is 5.56 Å². The van der Waals surface area contributed by atoms with Gasteiger partial charge >= 0.3 is 5.97 Å². The number of carbonyl (C=O) groups is 1. The molecular formula is C12H15NO2. The Bertz CT molecular complexity index is 383. The summed E-state index contributed by atoms with van der Waals surface area (Å²) in [5, 5.41) is 0. The van der Waals surface area contributed by atoms with Crippen molar-refractivity contribution in [1.29, 1.82) is 0 Å². The van der Waals surface area contributed by atoms with Gasteiger partial charge in [-0.25, -0.2) is 4.79 Å². The topological polar surface area (TPSA) is 52.3 Å². The van der Waals surface area contributed by atoms with Crippen LogP contribution >= 0.6 is 0 Å². The van der Waals surface area contributed by atoms with Crippen molar-refractivity contribution < 1.29 is 9.53 Å². The maximum atomic E-state index is 11.6. The third kappa shape index (κ3) is 2.12. The largest absolute Gasteiger partial charge is 0.459 e. The molecule has 0 saturated heterocycles. The van der Waals surface area contributed by atoms with Gasteiger partial charge in [0.1, 0.15) is 6.10 Å². The quantitative estimate of drug-likeness (QED) is 0.595. The lowest BCUT2D eigenvalue weighted by Gasteiger charge is -2.25. The fraction of sp³-hybridized carbons (Fsp3) is 0.417. The van der Waals surface area contributed by atoms with E-state index >= 15 is 0 Å². The van der Waals surface area contributed by atoms with Crippen LogP contribution in [-0.2, 0) is 4.74 Å². The van der Waals surface area contributed by atoms with Gasteiger partial charge in [-0.3, -0.25) is 0 Å². The second-order valence-electron chi connectivity index (χ2n) is 4.03. The van der Waals surface area contributed by atoms with Crippen LogP contribution in [0.1, 0.15) is 35.2 Å². The average molecular weight is 205 g/mol. The smallest absolute Gasteiger partial charge is 0.338 e. The van der Waals surface area contributed by atoms with Crippen molar-refractivity contribution in [2.24, 2.45) is 0 Å². The third-order valence-electron chi connectivity index (χ3n) is 2.83. The first kappa shape index (κ1) is 10.0. The number of hydrogen-bond acceptors (Lipinski definition) is 3. The third-order valence-corrected chi connectivity index (χ3v) is 2.83. The van der Waals surface area contributed by atoms with Crippen LogP contribution in [0.2, 0.25) is 0 Å². The highest BCUT2D eigenvalue weighted by molar-refractivity contribution is 5.90. The molecular weight excluding hydrogens is 190 g/mol. The maximum Gasteiger partial charge on any atom is 0.338 e. The summed E-state index contributed by atoms with van der Waals surface area (Å²) in [7, 11) is 0. The van der Waals surface area contributed by atoms with Gasteiger partial charge in [0.25, 0.3) is 0 Å². The Labute approximate surface area is 89.2 Å². The summed E-state index contributed by atoms with van der Waals surface area (Å²) in [6, 6.07) is 5.23. The monoisotopic (exact) mass is 205 g/mol. The summed E-state index contributed by atoms with van der Waals surface area (Å²) in [5.74, 6) is -0.234. The second-order valence-corrected chi connectivity index (χ2v) is 4.03. The van der Waals surface area contributed by atoms with E-state index in [4.69, 9.17) is 10.5 Å². The van der Waals surface area contributed by atoms with Gasteiger partial charge in [0.15, 0.2) is 0 Å². The van der Waals surface area contributed by atoms with Crippen LogP contribution in [0.3, 0.4) is 0 Å². The van der Waals surface area contributed by atoms with E-state index in [0.29, 0.717) is 11.3 Å². The molecule has 0 amide bonds. The summed E-state index contributed by atoms with van der Waals surface area (Å²) in [5.41, 5.74) is 7.89. The molecule has 1 aliphatic carbocycles. The van der Waals surface area contributed by atoms with Gasteiger partial charge in [-0.2, -0.15) is 0 Å². The number of hydrogen-bond donors (Lipinski definition) is 1. The molecule has 1 fully saturated rings. The standard InChI is InChI=1S/C12H15NO2/c1-8-7-9(5-6-11(8)13)12(14)15-10-3-2-4-10/h5-7,10H,2-4,13H2,1H3. The van der Waals surface area contributed by atoms with E-state index in [-0.39, 0.29) is 12.1 Å². The van der Waals surface area contributed by atoms with Crippen molar-refractivity contribution in [2.45, 2.75) is 32.3 Å². The van der Waals surface area contributed by atoms with Gasteiger partial charge in [-0.1, -0.05) is 0 Å². The molecule has 3 heteroatoms. The molecule has 3 nitrogen and oxygen atoms in total. The Morgan fingerprint density at radius 3 is 2.73 bits per heavy atom. The molecule has 0 aromatic heterocycles. The summed E-state index contributed by atoms with van der Waals surface area (Å²) in [6.07, 6.45) is 3.30. The normalized spacial score (nSPS) is 15.8. The highest BCUT2D eigenvalue weighted by Crippen LogP contribution is 2.23. The van der Waals surface area contributed by atoms with Crippen LogP contribution in [0.25, 0.3) is 0 Å². The van der Waals surface area contributed by atoms with Crippen molar-refractivity contribution in [3.05, 3.63) is 29.3 Å². The van der Waals surface area contributed by atoms with Crippen LogP contribution < -0.4 is 5.73 Å². The van der Waals surface area contributed by atoms with Crippen molar-refractivity contribution >= 4 is 11.7 Å². The highest BCUT2D eigenvalue weighted by atomic mass is 16.5. The van der Waals surface area contributed by atoms with E-state index in [1.165, 1.54) is 6.42 Å². The summed E-state index contributed by atoms with van der Waals surface area (Å²) in [4.78, 5) is 11.6. The van der Waals surface area contributed by atoms with Crippen molar-refractivity contribution in [3.63, 3.8) is 0 Å². The molecule has 0 heterocycles. The predicted molar refractivity (Wildman–Crippen MR) is 58.6 cm³/mol.